The lowest BCUT2D eigenvalue weighted by Gasteiger charge is -2.40. The molecule has 0 bridgehead atoms. The number of aryl methyl sites for hydroxylation is 2. The topological polar surface area (TPSA) is 197 Å². The second-order valence-corrected chi connectivity index (χ2v) is 18.0. The Kier molecular flexibility index (Phi) is 11.3. The molecule has 1 saturated carbocycles. The molecule has 5 aliphatic heterocycles. The second-order valence-electron chi connectivity index (χ2n) is 18.0. The van der Waals surface area contributed by atoms with Gasteiger partial charge in [-0.2, -0.15) is 0 Å². The van der Waals surface area contributed by atoms with E-state index in [4.69, 9.17) is 24.9 Å². The number of aromatic hydroxyl groups is 1. The van der Waals surface area contributed by atoms with Crippen molar-refractivity contribution < 1.29 is 39.1 Å². The van der Waals surface area contributed by atoms with Gasteiger partial charge in [0.2, 0.25) is 5.91 Å². The quantitative estimate of drug-likeness (QED) is 0.155. The molecule has 4 aromatic rings. The Balaban J connectivity index is 0.741. The minimum absolute atomic E-state index is 0.0307. The zero-order valence-electron chi connectivity index (χ0n) is 36.6. The second kappa shape index (κ2) is 17.2. The number of nitrogens with one attached hydrogen (secondary N) is 2. The highest BCUT2D eigenvalue weighted by Crippen LogP contribution is 2.45. The molecule has 0 unspecified atom stereocenters. The lowest BCUT2D eigenvalue weighted by atomic mass is 9.94. The van der Waals surface area contributed by atoms with Crippen LogP contribution in [0.25, 0.3) is 16.7 Å². The third-order valence-electron chi connectivity index (χ3n) is 13.4. The summed E-state index contributed by atoms with van der Waals surface area (Å²) in [5.41, 5.74) is 20.3. The molecule has 10 rings (SSSR count). The van der Waals surface area contributed by atoms with Crippen LogP contribution in [-0.4, -0.2) is 125 Å². The van der Waals surface area contributed by atoms with Crippen molar-refractivity contribution in [2.75, 3.05) is 70.5 Å². The zero-order chi connectivity index (χ0) is 44.2. The van der Waals surface area contributed by atoms with Gasteiger partial charge in [-0.3, -0.25) is 24.7 Å². The predicted octanol–water partition coefficient (Wildman–Crippen LogP) is 3.07. The van der Waals surface area contributed by atoms with Crippen molar-refractivity contribution in [2.24, 2.45) is 5.73 Å². The number of hydrogen-bond acceptors (Lipinski definition) is 12. The smallest absolute Gasteiger partial charge is 0.328 e. The Hall–Kier alpha value is -5.98. The molecule has 2 atom stereocenters. The lowest BCUT2D eigenvalue weighted by Crippen LogP contribution is -2.91. The van der Waals surface area contributed by atoms with E-state index in [2.05, 4.69) is 44.3 Å². The number of anilines is 1. The van der Waals surface area contributed by atoms with E-state index >= 15 is 0 Å². The Bertz CT molecular complexity index is 2550. The maximum atomic E-state index is 14.0. The van der Waals surface area contributed by atoms with Crippen molar-refractivity contribution in [3.8, 4) is 5.75 Å². The predicted molar refractivity (Wildman–Crippen MR) is 237 cm³/mol. The summed E-state index contributed by atoms with van der Waals surface area (Å²) in [4.78, 5) is 51.2. The summed E-state index contributed by atoms with van der Waals surface area (Å²) < 4.78 is 21.3. The molecule has 6 aliphatic rings. The maximum absolute atomic E-state index is 14.0. The standard InChI is InChI=1S/C47H56N10O7/c1-27-17-35(28(2)16-34(27)41-23-55(21-29(3)64-41)39-19-38(51-52-44(39)48)33-6-4-5-7-40(33)58)46(60)54-14-12-53(13-15-54)24-43-62-25-32(26-63-43)57-22-37(30-8-9-30)36-18-31(20-49-45(36)57)56-11-10-42(59)50-47(56)61/h4-7,16-20,22,29-30,32,41,43,51-52,58H,8-15,21,23-26,48H2,1-3H3,(H,50,59,61)/p+1/t29-,32?,41-,43?/m0/s1. The number of amides is 4. The third kappa shape index (κ3) is 8.29. The molecule has 64 heavy (non-hydrogen) atoms. The summed E-state index contributed by atoms with van der Waals surface area (Å²) in [6.07, 6.45) is 7.71. The van der Waals surface area contributed by atoms with Crippen molar-refractivity contribution in [1.29, 1.82) is 0 Å². The van der Waals surface area contributed by atoms with Gasteiger partial charge in [0.25, 0.3) is 5.91 Å². The van der Waals surface area contributed by atoms with E-state index in [9.17, 15) is 19.5 Å². The van der Waals surface area contributed by atoms with Crippen LogP contribution in [0.2, 0.25) is 0 Å². The molecule has 2 aromatic heterocycles. The van der Waals surface area contributed by atoms with Gasteiger partial charge >= 0.3 is 6.03 Å². The SMILES string of the molecule is Cc1cc([C@@H]2CN(C3=C(N)N[NH2+]C(c4ccccc4O)=C3)C[C@H](C)O2)c(C)cc1C(=O)N1CCN(CC2OCC(n3cc(C4CC4)c4cc(N5CCC(=O)NC5=O)cnc43)CO2)CC1. The largest absolute Gasteiger partial charge is 0.507 e. The van der Waals surface area contributed by atoms with E-state index in [-0.39, 0.29) is 48.5 Å². The molecule has 4 saturated heterocycles. The van der Waals surface area contributed by atoms with E-state index in [1.807, 2.05) is 54.5 Å². The highest BCUT2D eigenvalue weighted by Gasteiger charge is 2.35. The highest BCUT2D eigenvalue weighted by atomic mass is 16.7. The number of benzene rings is 2. The van der Waals surface area contributed by atoms with Crippen LogP contribution in [0.4, 0.5) is 10.5 Å². The Morgan fingerprint density at radius 1 is 0.984 bits per heavy atom. The summed E-state index contributed by atoms with van der Waals surface area (Å²) in [6.45, 7) is 11.9. The normalized spacial score (nSPS) is 24.8. The molecular formula is C47H57N10O7+. The number of carbonyl (C=O) groups is 3. The number of hydrogen-bond donors (Lipinski definition) is 5. The molecule has 1 aliphatic carbocycles. The summed E-state index contributed by atoms with van der Waals surface area (Å²) in [7, 11) is 0. The number of ether oxygens (including phenoxy) is 3. The Labute approximate surface area is 371 Å². The van der Waals surface area contributed by atoms with Crippen LogP contribution in [0.5, 0.6) is 5.75 Å². The molecule has 336 valence electrons. The summed E-state index contributed by atoms with van der Waals surface area (Å²) >= 11 is 0. The number of aromatic nitrogens is 2. The number of imide groups is 1. The summed E-state index contributed by atoms with van der Waals surface area (Å²) in [5, 5.41) is 13.9. The van der Waals surface area contributed by atoms with E-state index in [0.717, 1.165) is 57.5 Å². The van der Waals surface area contributed by atoms with E-state index < -0.39 is 6.03 Å². The molecule has 17 nitrogen and oxygen atoms in total. The molecule has 7 heterocycles. The number of phenols is 1. The van der Waals surface area contributed by atoms with Crippen molar-refractivity contribution in [3.63, 3.8) is 0 Å². The molecule has 0 radical (unpaired) electrons. The zero-order valence-corrected chi connectivity index (χ0v) is 36.6. The summed E-state index contributed by atoms with van der Waals surface area (Å²) in [5.74, 6) is 0.981. The van der Waals surface area contributed by atoms with Crippen molar-refractivity contribution in [2.45, 2.75) is 70.5 Å². The van der Waals surface area contributed by atoms with Gasteiger partial charge in [0, 0.05) is 82.0 Å². The first-order valence-electron chi connectivity index (χ1n) is 22.4. The van der Waals surface area contributed by atoms with Gasteiger partial charge in [-0.15, -0.1) is 0 Å². The van der Waals surface area contributed by atoms with Gasteiger partial charge in [0.15, 0.2) is 17.8 Å². The number of quaternary nitrogens is 1. The molecule has 2 aromatic carbocycles. The maximum Gasteiger partial charge on any atom is 0.328 e. The first-order valence-corrected chi connectivity index (χ1v) is 22.4. The fourth-order valence-electron chi connectivity index (χ4n) is 9.78. The van der Waals surface area contributed by atoms with Gasteiger partial charge in [-0.05, 0) is 86.1 Å². The Morgan fingerprint density at radius 2 is 1.77 bits per heavy atom. The van der Waals surface area contributed by atoms with Crippen molar-refractivity contribution in [1.82, 2.24) is 35.0 Å². The number of carbonyl (C=O) groups excluding carboxylic acids is 3. The number of nitrogens with zero attached hydrogens (tertiary/aromatic N) is 6. The number of piperazine rings is 1. The van der Waals surface area contributed by atoms with Gasteiger partial charge in [-0.1, -0.05) is 18.2 Å². The Morgan fingerprint density at radius 3 is 2.52 bits per heavy atom. The fraction of sp³-hybridized carbons (Fsp3) is 0.447. The average Bonchev–Trinajstić information content (AvgIpc) is 4.07. The molecule has 0 spiro atoms. The molecule has 5 fully saturated rings. The number of allylic oxidation sites excluding steroid dienone is 1. The number of fused-ring (bicyclic) bond motifs is 1. The molecule has 17 heteroatoms. The van der Waals surface area contributed by atoms with Crippen LogP contribution in [0.15, 0.2) is 72.5 Å². The molecule has 4 amide bonds. The van der Waals surface area contributed by atoms with Gasteiger partial charge in [0.1, 0.15) is 17.5 Å². The summed E-state index contributed by atoms with van der Waals surface area (Å²) in [6, 6.07) is 12.9. The number of urea groups is 1. The minimum atomic E-state index is -0.417. The minimum Gasteiger partial charge on any atom is -0.507 e. The number of morpholine rings is 1. The first-order chi connectivity index (χ1) is 31.0. The van der Waals surface area contributed by atoms with Crippen molar-refractivity contribution >= 4 is 40.3 Å². The third-order valence-corrected chi connectivity index (χ3v) is 13.4. The van der Waals surface area contributed by atoms with Crippen molar-refractivity contribution in [3.05, 3.63) is 106 Å². The van der Waals surface area contributed by atoms with Gasteiger partial charge < -0.3 is 39.4 Å². The monoisotopic (exact) mass is 873 g/mol. The number of pyridine rings is 1. The van der Waals surface area contributed by atoms with Crippen LogP contribution in [0, 0.1) is 13.8 Å². The van der Waals surface area contributed by atoms with Crippen LogP contribution in [0.3, 0.4) is 0 Å². The molecular weight excluding hydrogens is 817 g/mol. The van der Waals surface area contributed by atoms with Crippen LogP contribution >= 0.6 is 0 Å². The molecule has 7 N–H and O–H groups in total. The number of phenolic OH excluding ortho intramolecular Hbond substituents is 1. The van der Waals surface area contributed by atoms with Crippen LogP contribution in [-0.2, 0) is 19.0 Å². The van der Waals surface area contributed by atoms with Crippen LogP contribution < -0.4 is 26.8 Å². The fourth-order valence-corrected chi connectivity index (χ4v) is 9.78. The highest BCUT2D eigenvalue weighted by molar-refractivity contribution is 6.06. The average molecular weight is 874 g/mol. The van der Waals surface area contributed by atoms with E-state index in [0.29, 0.717) is 88.6 Å². The van der Waals surface area contributed by atoms with E-state index in [1.54, 1.807) is 23.2 Å². The number of nitrogens with two attached hydrogens (primary N) is 2. The van der Waals surface area contributed by atoms with Gasteiger partial charge in [0.05, 0.1) is 48.5 Å². The van der Waals surface area contributed by atoms with Crippen LogP contribution in [0.1, 0.15) is 82.4 Å². The van der Waals surface area contributed by atoms with Gasteiger partial charge in [-0.25, -0.2) is 20.6 Å². The number of rotatable bonds is 9. The van der Waals surface area contributed by atoms with E-state index in [1.165, 1.54) is 5.56 Å². The first kappa shape index (κ1) is 42.0. The lowest BCUT2D eigenvalue weighted by molar-refractivity contribution is -0.619. The number of para-hydroxylation sites is 1.